The fourth-order valence-corrected chi connectivity index (χ4v) is 2.78. The van der Waals surface area contributed by atoms with Gasteiger partial charge in [-0.25, -0.2) is 4.98 Å². The van der Waals surface area contributed by atoms with Crippen LogP contribution >= 0.6 is 0 Å². The Morgan fingerprint density at radius 1 is 1.21 bits per heavy atom. The second kappa shape index (κ2) is 7.94. The molecule has 1 fully saturated rings. The molecule has 0 spiro atoms. The fraction of sp³-hybridized carbons (Fsp3) is 0.412. The molecule has 1 saturated heterocycles. The zero-order chi connectivity index (χ0) is 16.8. The van der Waals surface area contributed by atoms with Crippen LogP contribution in [0.4, 0.5) is 17.5 Å². The Bertz CT molecular complexity index is 672. The van der Waals surface area contributed by atoms with Gasteiger partial charge in [0.1, 0.15) is 5.82 Å². The van der Waals surface area contributed by atoms with Crippen molar-refractivity contribution in [1.29, 1.82) is 0 Å². The summed E-state index contributed by atoms with van der Waals surface area (Å²) in [5, 5.41) is 3.38. The molecule has 0 radical (unpaired) electrons. The summed E-state index contributed by atoms with van der Waals surface area (Å²) in [7, 11) is 0. The Morgan fingerprint density at radius 3 is 2.83 bits per heavy atom. The number of rotatable bonds is 6. The number of hydrogen-bond acceptors (Lipinski definition) is 7. The summed E-state index contributed by atoms with van der Waals surface area (Å²) in [5.41, 5.74) is 14.2. The summed E-state index contributed by atoms with van der Waals surface area (Å²) in [5.74, 6) is 1.01. The van der Waals surface area contributed by atoms with Gasteiger partial charge in [0.25, 0.3) is 0 Å². The summed E-state index contributed by atoms with van der Waals surface area (Å²) in [4.78, 5) is 10.9. The Kier molecular flexibility index (Phi) is 5.45. The van der Waals surface area contributed by atoms with E-state index in [1.54, 1.807) is 6.20 Å². The molecule has 0 amide bonds. The third kappa shape index (κ3) is 4.33. The first-order valence-electron chi connectivity index (χ1n) is 8.25. The summed E-state index contributed by atoms with van der Waals surface area (Å²) in [6, 6.07) is 7.68. The standard InChI is InChI=1S/C17H24N6O/c18-14-4-1-3-13(11-14)15-12-21-17(19)22-16(15)20-5-2-6-23-7-9-24-10-8-23/h1,3-4,11-12H,2,5-10,18H2,(H3,19,20,21,22). The number of nitrogen functional groups attached to an aromatic ring is 2. The predicted molar refractivity (Wildman–Crippen MR) is 96.7 cm³/mol. The molecule has 0 aliphatic carbocycles. The van der Waals surface area contributed by atoms with Crippen LogP contribution < -0.4 is 16.8 Å². The van der Waals surface area contributed by atoms with E-state index in [1.165, 1.54) is 0 Å². The number of ether oxygens (including phenoxy) is 1. The number of morpholine rings is 1. The maximum atomic E-state index is 5.88. The average molecular weight is 328 g/mol. The van der Waals surface area contributed by atoms with Crippen molar-refractivity contribution in [2.24, 2.45) is 0 Å². The SMILES string of the molecule is Nc1cccc(-c2cnc(N)nc2NCCCN2CCOCC2)c1. The van der Waals surface area contributed by atoms with E-state index in [1.807, 2.05) is 24.3 Å². The number of aromatic nitrogens is 2. The molecule has 1 aliphatic heterocycles. The lowest BCUT2D eigenvalue weighted by molar-refractivity contribution is 0.0378. The Labute approximate surface area is 142 Å². The topological polar surface area (TPSA) is 102 Å². The predicted octanol–water partition coefficient (Wildman–Crippen LogP) is 1.44. The van der Waals surface area contributed by atoms with Crippen molar-refractivity contribution in [1.82, 2.24) is 14.9 Å². The molecule has 7 heteroatoms. The van der Waals surface area contributed by atoms with E-state index in [4.69, 9.17) is 16.2 Å². The number of hydrogen-bond donors (Lipinski definition) is 3. The van der Waals surface area contributed by atoms with Crippen LogP contribution in [0.5, 0.6) is 0 Å². The van der Waals surface area contributed by atoms with Gasteiger partial charge in [-0.15, -0.1) is 0 Å². The van der Waals surface area contributed by atoms with Gasteiger partial charge in [-0.2, -0.15) is 4.98 Å². The van der Waals surface area contributed by atoms with Crippen LogP contribution in [-0.4, -0.2) is 54.3 Å². The first-order chi connectivity index (χ1) is 11.7. The number of nitrogens with zero attached hydrogens (tertiary/aromatic N) is 3. The minimum Gasteiger partial charge on any atom is -0.399 e. The van der Waals surface area contributed by atoms with E-state index < -0.39 is 0 Å². The monoisotopic (exact) mass is 328 g/mol. The molecule has 2 aromatic rings. The van der Waals surface area contributed by atoms with Crippen molar-refractivity contribution in [2.75, 3.05) is 56.2 Å². The highest BCUT2D eigenvalue weighted by atomic mass is 16.5. The summed E-state index contributed by atoms with van der Waals surface area (Å²) in [6.07, 6.45) is 2.77. The summed E-state index contributed by atoms with van der Waals surface area (Å²) < 4.78 is 5.36. The van der Waals surface area contributed by atoms with Gasteiger partial charge < -0.3 is 21.5 Å². The first kappa shape index (κ1) is 16.5. The Morgan fingerprint density at radius 2 is 2.04 bits per heavy atom. The van der Waals surface area contributed by atoms with Crippen LogP contribution in [-0.2, 0) is 4.74 Å². The third-order valence-corrected chi connectivity index (χ3v) is 4.05. The fourth-order valence-electron chi connectivity index (χ4n) is 2.78. The second-order valence-electron chi connectivity index (χ2n) is 5.85. The summed E-state index contributed by atoms with van der Waals surface area (Å²) >= 11 is 0. The van der Waals surface area contributed by atoms with E-state index in [9.17, 15) is 0 Å². The molecule has 3 rings (SSSR count). The van der Waals surface area contributed by atoms with Gasteiger partial charge in [0.2, 0.25) is 5.95 Å². The number of benzene rings is 1. The molecule has 5 N–H and O–H groups in total. The van der Waals surface area contributed by atoms with Gasteiger partial charge in [-0.3, -0.25) is 4.90 Å². The summed E-state index contributed by atoms with van der Waals surface area (Å²) in [6.45, 7) is 5.54. The van der Waals surface area contributed by atoms with Gasteiger partial charge in [0, 0.05) is 37.1 Å². The highest BCUT2D eigenvalue weighted by Gasteiger charge is 2.11. The quantitative estimate of drug-likeness (QED) is 0.544. The van der Waals surface area contributed by atoms with E-state index in [-0.39, 0.29) is 5.95 Å². The molecule has 0 saturated carbocycles. The van der Waals surface area contributed by atoms with Crippen LogP contribution in [0.25, 0.3) is 11.1 Å². The van der Waals surface area contributed by atoms with Gasteiger partial charge >= 0.3 is 0 Å². The van der Waals surface area contributed by atoms with Crippen molar-refractivity contribution in [2.45, 2.75) is 6.42 Å². The minimum absolute atomic E-state index is 0.262. The van der Waals surface area contributed by atoms with Gasteiger partial charge in [0.05, 0.1) is 13.2 Å². The van der Waals surface area contributed by atoms with E-state index in [0.29, 0.717) is 5.69 Å². The maximum Gasteiger partial charge on any atom is 0.221 e. The highest BCUT2D eigenvalue weighted by Crippen LogP contribution is 2.27. The van der Waals surface area contributed by atoms with E-state index in [0.717, 1.165) is 62.8 Å². The van der Waals surface area contributed by atoms with Gasteiger partial charge in [-0.05, 0) is 30.7 Å². The first-order valence-corrected chi connectivity index (χ1v) is 8.25. The molecule has 0 unspecified atom stereocenters. The zero-order valence-corrected chi connectivity index (χ0v) is 13.7. The largest absolute Gasteiger partial charge is 0.399 e. The van der Waals surface area contributed by atoms with Crippen LogP contribution in [0.1, 0.15) is 6.42 Å². The lowest BCUT2D eigenvalue weighted by Gasteiger charge is -2.26. The molecule has 128 valence electrons. The van der Waals surface area contributed by atoms with Gasteiger partial charge in [-0.1, -0.05) is 12.1 Å². The Balaban J connectivity index is 1.63. The third-order valence-electron chi connectivity index (χ3n) is 4.05. The van der Waals surface area contributed by atoms with E-state index >= 15 is 0 Å². The molecule has 24 heavy (non-hydrogen) atoms. The number of nitrogens with two attached hydrogens (primary N) is 2. The zero-order valence-electron chi connectivity index (χ0n) is 13.7. The molecular weight excluding hydrogens is 304 g/mol. The van der Waals surface area contributed by atoms with Gasteiger partial charge in [0.15, 0.2) is 0 Å². The molecule has 1 aromatic heterocycles. The molecule has 0 atom stereocenters. The Hall–Kier alpha value is -2.38. The van der Waals surface area contributed by atoms with Crippen molar-refractivity contribution in [3.05, 3.63) is 30.5 Å². The van der Waals surface area contributed by atoms with Crippen LogP contribution in [0.15, 0.2) is 30.5 Å². The highest BCUT2D eigenvalue weighted by molar-refractivity contribution is 5.76. The normalized spacial score (nSPS) is 15.3. The second-order valence-corrected chi connectivity index (χ2v) is 5.85. The lowest BCUT2D eigenvalue weighted by Crippen LogP contribution is -2.37. The molecule has 1 aliphatic rings. The maximum absolute atomic E-state index is 5.88. The number of anilines is 3. The number of nitrogens with one attached hydrogen (secondary N) is 1. The van der Waals surface area contributed by atoms with Crippen molar-refractivity contribution in [3.8, 4) is 11.1 Å². The molecule has 0 bridgehead atoms. The van der Waals surface area contributed by atoms with E-state index in [2.05, 4.69) is 20.2 Å². The van der Waals surface area contributed by atoms with Crippen LogP contribution in [0, 0.1) is 0 Å². The van der Waals surface area contributed by atoms with Crippen LogP contribution in [0.2, 0.25) is 0 Å². The lowest BCUT2D eigenvalue weighted by atomic mass is 10.1. The molecule has 2 heterocycles. The van der Waals surface area contributed by atoms with Crippen molar-refractivity contribution in [3.63, 3.8) is 0 Å². The van der Waals surface area contributed by atoms with Crippen molar-refractivity contribution < 1.29 is 4.74 Å². The molecular formula is C17H24N6O. The molecule has 7 nitrogen and oxygen atoms in total. The van der Waals surface area contributed by atoms with Crippen LogP contribution in [0.3, 0.4) is 0 Å². The average Bonchev–Trinajstić information content (AvgIpc) is 2.60. The minimum atomic E-state index is 0.262. The van der Waals surface area contributed by atoms with Crippen molar-refractivity contribution >= 4 is 17.5 Å². The smallest absolute Gasteiger partial charge is 0.221 e. The molecule has 1 aromatic carbocycles.